The van der Waals surface area contributed by atoms with Crippen LogP contribution in [0.4, 0.5) is 0 Å². The molecule has 4 heteroatoms. The van der Waals surface area contributed by atoms with Gasteiger partial charge in [-0.1, -0.05) is 133 Å². The Morgan fingerprint density at radius 1 is 0.404 bits per heavy atom. The maximum atomic E-state index is 6.80. The maximum Gasteiger partial charge on any atom is 0.160 e. The summed E-state index contributed by atoms with van der Waals surface area (Å²) in [7, 11) is 0. The van der Waals surface area contributed by atoms with Gasteiger partial charge in [0.25, 0.3) is 0 Å². The van der Waals surface area contributed by atoms with E-state index in [1.54, 1.807) is 0 Å². The molecule has 11 aromatic rings. The standard InChI is InChI=1S/C48H29N3O/c1-3-14-31(15-4-1)40-29-41(32-16-5-2-6-17-32)50-48(49-40)35-26-38-37-21-11-12-22-45(37)52-47(38)44(28-35)51-42-24-23-30-13-9-10-20-36(30)46(42)39-25-33-18-7-8-19-34(33)27-43(39)51/h1-29H. The van der Waals surface area contributed by atoms with Crippen LogP contribution in [0.25, 0.3) is 105 Å². The lowest BCUT2D eigenvalue weighted by molar-refractivity contribution is 0.666. The monoisotopic (exact) mass is 663 g/mol. The first kappa shape index (κ1) is 28.8. The minimum atomic E-state index is 0.658. The first-order chi connectivity index (χ1) is 25.8. The van der Waals surface area contributed by atoms with E-state index in [1.165, 1.54) is 32.3 Å². The van der Waals surface area contributed by atoms with E-state index in [1.807, 2.05) is 24.3 Å². The fraction of sp³-hybridized carbons (Fsp3) is 0. The summed E-state index contributed by atoms with van der Waals surface area (Å²) in [5.41, 5.74) is 9.60. The predicted molar refractivity (Wildman–Crippen MR) is 215 cm³/mol. The summed E-state index contributed by atoms with van der Waals surface area (Å²) < 4.78 is 9.18. The smallest absolute Gasteiger partial charge is 0.160 e. The van der Waals surface area contributed by atoms with Crippen LogP contribution in [0.1, 0.15) is 0 Å². The van der Waals surface area contributed by atoms with Gasteiger partial charge >= 0.3 is 0 Å². The molecule has 3 aromatic heterocycles. The molecule has 4 nitrogen and oxygen atoms in total. The number of hydrogen-bond donors (Lipinski definition) is 0. The first-order valence-electron chi connectivity index (χ1n) is 17.6. The van der Waals surface area contributed by atoms with E-state index in [2.05, 4.69) is 156 Å². The second kappa shape index (κ2) is 11.2. The van der Waals surface area contributed by atoms with Crippen molar-refractivity contribution < 1.29 is 4.42 Å². The van der Waals surface area contributed by atoms with E-state index in [0.29, 0.717) is 5.82 Å². The minimum absolute atomic E-state index is 0.658. The summed E-state index contributed by atoms with van der Waals surface area (Å²) >= 11 is 0. The van der Waals surface area contributed by atoms with E-state index < -0.39 is 0 Å². The van der Waals surface area contributed by atoms with Gasteiger partial charge in [-0.15, -0.1) is 0 Å². The lowest BCUT2D eigenvalue weighted by atomic mass is 10.0. The maximum absolute atomic E-state index is 6.80. The van der Waals surface area contributed by atoms with Gasteiger partial charge in [-0.05, 0) is 64.0 Å². The Morgan fingerprint density at radius 2 is 1.02 bits per heavy atom. The quantitative estimate of drug-likeness (QED) is 0.188. The molecule has 0 aliphatic heterocycles. The third kappa shape index (κ3) is 4.41. The molecule has 0 fully saturated rings. The van der Waals surface area contributed by atoms with Crippen LogP contribution < -0.4 is 0 Å². The van der Waals surface area contributed by atoms with Gasteiger partial charge in [0.2, 0.25) is 0 Å². The van der Waals surface area contributed by atoms with Crippen LogP contribution in [0.3, 0.4) is 0 Å². The van der Waals surface area contributed by atoms with Gasteiger partial charge in [-0.2, -0.15) is 0 Å². The van der Waals surface area contributed by atoms with Gasteiger partial charge in [-0.3, -0.25) is 0 Å². The molecule has 8 aromatic carbocycles. The first-order valence-corrected chi connectivity index (χ1v) is 17.6. The fourth-order valence-corrected chi connectivity index (χ4v) is 7.93. The molecule has 52 heavy (non-hydrogen) atoms. The molecule has 0 amide bonds. The van der Waals surface area contributed by atoms with Crippen LogP contribution >= 0.6 is 0 Å². The van der Waals surface area contributed by atoms with Crippen LogP contribution in [-0.2, 0) is 0 Å². The lowest BCUT2D eigenvalue weighted by Gasteiger charge is -2.13. The molecule has 0 bridgehead atoms. The highest BCUT2D eigenvalue weighted by Gasteiger charge is 2.22. The molecule has 0 atom stereocenters. The Morgan fingerprint density at radius 3 is 1.75 bits per heavy atom. The van der Waals surface area contributed by atoms with Gasteiger partial charge in [0.15, 0.2) is 11.4 Å². The Hall–Kier alpha value is -7.04. The fourth-order valence-electron chi connectivity index (χ4n) is 7.93. The van der Waals surface area contributed by atoms with Gasteiger partial charge in [0.05, 0.1) is 28.1 Å². The minimum Gasteiger partial charge on any atom is -0.454 e. The lowest BCUT2D eigenvalue weighted by Crippen LogP contribution is -1.99. The number of fused-ring (bicyclic) bond motifs is 9. The highest BCUT2D eigenvalue weighted by atomic mass is 16.3. The number of rotatable bonds is 4. The molecule has 3 heterocycles. The second-order valence-corrected chi connectivity index (χ2v) is 13.4. The predicted octanol–water partition coefficient (Wildman–Crippen LogP) is 12.8. The van der Waals surface area contributed by atoms with Crippen LogP contribution in [0.15, 0.2) is 180 Å². The normalized spacial score (nSPS) is 11.8. The van der Waals surface area contributed by atoms with E-state index in [0.717, 1.165) is 66.7 Å². The average Bonchev–Trinajstić information content (AvgIpc) is 3.75. The Labute approximate surface area is 298 Å². The molecular formula is C48H29N3O. The average molecular weight is 664 g/mol. The van der Waals surface area contributed by atoms with E-state index in [-0.39, 0.29) is 0 Å². The van der Waals surface area contributed by atoms with Crippen molar-refractivity contribution >= 4 is 65.3 Å². The zero-order valence-electron chi connectivity index (χ0n) is 28.0. The Kier molecular flexibility index (Phi) is 6.22. The zero-order chi connectivity index (χ0) is 34.2. The zero-order valence-corrected chi connectivity index (χ0v) is 28.0. The molecule has 0 aliphatic rings. The topological polar surface area (TPSA) is 43.9 Å². The van der Waals surface area contributed by atoms with Crippen LogP contribution in [0, 0.1) is 0 Å². The third-order valence-electron chi connectivity index (χ3n) is 10.3. The molecule has 0 radical (unpaired) electrons. The summed E-state index contributed by atoms with van der Waals surface area (Å²) in [6.07, 6.45) is 0. The molecule has 0 saturated carbocycles. The molecule has 11 rings (SSSR count). The summed E-state index contributed by atoms with van der Waals surface area (Å²) in [5.74, 6) is 0.658. The van der Waals surface area contributed by atoms with E-state index in [9.17, 15) is 0 Å². The number of nitrogens with zero attached hydrogens (tertiary/aromatic N) is 3. The van der Waals surface area contributed by atoms with Crippen molar-refractivity contribution in [2.75, 3.05) is 0 Å². The van der Waals surface area contributed by atoms with Crippen molar-refractivity contribution in [1.82, 2.24) is 14.5 Å². The highest BCUT2D eigenvalue weighted by molar-refractivity contribution is 6.24. The number of aromatic nitrogens is 3. The molecular weight excluding hydrogens is 635 g/mol. The van der Waals surface area contributed by atoms with Crippen molar-refractivity contribution in [2.24, 2.45) is 0 Å². The van der Waals surface area contributed by atoms with Crippen molar-refractivity contribution in [1.29, 1.82) is 0 Å². The third-order valence-corrected chi connectivity index (χ3v) is 10.3. The SMILES string of the molecule is c1ccc(-c2cc(-c3ccccc3)nc(-c3cc(-n4c5cc6ccccc6cc5c5c6ccccc6ccc54)c4oc5ccccc5c4c3)n2)cc1. The summed E-state index contributed by atoms with van der Waals surface area (Å²) in [6.45, 7) is 0. The van der Waals surface area contributed by atoms with Gasteiger partial charge < -0.3 is 8.98 Å². The summed E-state index contributed by atoms with van der Waals surface area (Å²) in [5, 5.41) is 9.34. The number of para-hydroxylation sites is 1. The van der Waals surface area contributed by atoms with Crippen LogP contribution in [0.5, 0.6) is 0 Å². The molecule has 0 saturated heterocycles. The van der Waals surface area contributed by atoms with Crippen molar-refractivity contribution in [3.63, 3.8) is 0 Å². The van der Waals surface area contributed by atoms with Crippen molar-refractivity contribution in [2.45, 2.75) is 0 Å². The van der Waals surface area contributed by atoms with Crippen molar-refractivity contribution in [3.05, 3.63) is 176 Å². The number of hydrogen-bond acceptors (Lipinski definition) is 3. The van der Waals surface area contributed by atoms with Crippen LogP contribution in [-0.4, -0.2) is 14.5 Å². The second-order valence-electron chi connectivity index (χ2n) is 13.4. The molecule has 242 valence electrons. The van der Waals surface area contributed by atoms with Gasteiger partial charge in [0, 0.05) is 38.2 Å². The van der Waals surface area contributed by atoms with Gasteiger partial charge in [0.1, 0.15) is 5.58 Å². The molecule has 0 N–H and O–H groups in total. The van der Waals surface area contributed by atoms with Crippen molar-refractivity contribution in [3.8, 4) is 39.6 Å². The van der Waals surface area contributed by atoms with E-state index >= 15 is 0 Å². The Bertz CT molecular complexity index is 3120. The molecule has 0 spiro atoms. The molecule has 0 unspecified atom stereocenters. The largest absolute Gasteiger partial charge is 0.454 e. The summed E-state index contributed by atoms with van der Waals surface area (Å²) in [4.78, 5) is 10.5. The molecule has 0 aliphatic carbocycles. The highest BCUT2D eigenvalue weighted by Crippen LogP contribution is 2.43. The Balaban J connectivity index is 1.28. The number of benzene rings is 8. The summed E-state index contributed by atoms with van der Waals surface area (Å²) in [6, 6.07) is 61.9. The number of furan rings is 1. The van der Waals surface area contributed by atoms with Crippen LogP contribution in [0.2, 0.25) is 0 Å². The van der Waals surface area contributed by atoms with E-state index in [4.69, 9.17) is 14.4 Å². The van der Waals surface area contributed by atoms with Gasteiger partial charge in [-0.25, -0.2) is 9.97 Å².